The lowest BCUT2D eigenvalue weighted by atomic mass is 9.97. The SMILES string of the molecule is N[C@H]1CCCO[C@@H]1c1ccc(Br)cc1. The van der Waals surface area contributed by atoms with Crippen LogP contribution in [0.1, 0.15) is 24.5 Å². The van der Waals surface area contributed by atoms with Crippen molar-refractivity contribution in [2.75, 3.05) is 6.61 Å². The highest BCUT2D eigenvalue weighted by Crippen LogP contribution is 2.27. The summed E-state index contributed by atoms with van der Waals surface area (Å²) in [7, 11) is 0. The van der Waals surface area contributed by atoms with Crippen molar-refractivity contribution in [2.45, 2.75) is 25.0 Å². The quantitative estimate of drug-likeness (QED) is 0.838. The second kappa shape index (κ2) is 4.43. The highest BCUT2D eigenvalue weighted by molar-refractivity contribution is 9.10. The molecule has 2 N–H and O–H groups in total. The van der Waals surface area contributed by atoms with Crippen LogP contribution in [0.5, 0.6) is 0 Å². The second-order valence-corrected chi connectivity index (χ2v) is 4.56. The third-order valence-corrected chi connectivity index (χ3v) is 3.10. The summed E-state index contributed by atoms with van der Waals surface area (Å²) < 4.78 is 6.76. The van der Waals surface area contributed by atoms with E-state index in [4.69, 9.17) is 10.5 Å². The van der Waals surface area contributed by atoms with Gasteiger partial charge in [-0.15, -0.1) is 0 Å². The Bertz CT molecular complexity index is 299. The van der Waals surface area contributed by atoms with Crippen molar-refractivity contribution in [3.05, 3.63) is 34.3 Å². The lowest BCUT2D eigenvalue weighted by molar-refractivity contribution is 0.000140. The molecule has 0 unspecified atom stereocenters. The van der Waals surface area contributed by atoms with Gasteiger partial charge in [-0.05, 0) is 30.5 Å². The summed E-state index contributed by atoms with van der Waals surface area (Å²) in [5.74, 6) is 0. The molecule has 0 aliphatic carbocycles. The van der Waals surface area contributed by atoms with Gasteiger partial charge in [0, 0.05) is 17.1 Å². The fourth-order valence-corrected chi connectivity index (χ4v) is 2.06. The molecule has 2 rings (SSSR count). The number of rotatable bonds is 1. The summed E-state index contributed by atoms with van der Waals surface area (Å²) in [6.07, 6.45) is 2.21. The van der Waals surface area contributed by atoms with Gasteiger partial charge in [-0.2, -0.15) is 0 Å². The van der Waals surface area contributed by atoms with E-state index in [2.05, 4.69) is 28.1 Å². The molecule has 0 saturated carbocycles. The molecule has 76 valence electrons. The summed E-state index contributed by atoms with van der Waals surface area (Å²) >= 11 is 3.41. The van der Waals surface area contributed by atoms with E-state index < -0.39 is 0 Å². The van der Waals surface area contributed by atoms with Gasteiger partial charge < -0.3 is 10.5 Å². The first-order chi connectivity index (χ1) is 6.77. The number of hydrogen-bond acceptors (Lipinski definition) is 2. The lowest BCUT2D eigenvalue weighted by Gasteiger charge is -2.29. The monoisotopic (exact) mass is 255 g/mol. The van der Waals surface area contributed by atoms with E-state index >= 15 is 0 Å². The number of hydrogen-bond donors (Lipinski definition) is 1. The first kappa shape index (κ1) is 10.1. The van der Waals surface area contributed by atoms with E-state index in [0.717, 1.165) is 23.9 Å². The smallest absolute Gasteiger partial charge is 0.0975 e. The Kier molecular flexibility index (Phi) is 3.21. The van der Waals surface area contributed by atoms with Gasteiger partial charge in [0.1, 0.15) is 0 Å². The topological polar surface area (TPSA) is 35.2 Å². The van der Waals surface area contributed by atoms with Crippen LogP contribution in [-0.2, 0) is 4.74 Å². The van der Waals surface area contributed by atoms with Gasteiger partial charge in [-0.1, -0.05) is 28.1 Å². The van der Waals surface area contributed by atoms with Crippen LogP contribution in [0.4, 0.5) is 0 Å². The van der Waals surface area contributed by atoms with Gasteiger partial charge in [-0.25, -0.2) is 0 Å². The zero-order chi connectivity index (χ0) is 9.97. The van der Waals surface area contributed by atoms with E-state index in [1.807, 2.05) is 12.1 Å². The Morgan fingerprint density at radius 3 is 2.64 bits per heavy atom. The maximum atomic E-state index is 6.01. The van der Waals surface area contributed by atoms with Crippen molar-refractivity contribution in [3.63, 3.8) is 0 Å². The predicted molar refractivity (Wildman–Crippen MR) is 60.0 cm³/mol. The molecule has 1 fully saturated rings. The summed E-state index contributed by atoms with van der Waals surface area (Å²) in [6.45, 7) is 0.828. The molecule has 0 radical (unpaired) electrons. The summed E-state index contributed by atoms with van der Waals surface area (Å²) in [5.41, 5.74) is 7.19. The summed E-state index contributed by atoms with van der Waals surface area (Å²) in [6, 6.07) is 8.34. The second-order valence-electron chi connectivity index (χ2n) is 3.65. The van der Waals surface area contributed by atoms with Crippen molar-refractivity contribution in [2.24, 2.45) is 5.73 Å². The van der Waals surface area contributed by atoms with Crippen molar-refractivity contribution >= 4 is 15.9 Å². The zero-order valence-corrected chi connectivity index (χ0v) is 9.53. The third kappa shape index (κ3) is 2.16. The van der Waals surface area contributed by atoms with E-state index in [1.165, 1.54) is 5.56 Å². The van der Waals surface area contributed by atoms with Gasteiger partial charge >= 0.3 is 0 Å². The molecule has 0 amide bonds. The molecule has 1 aromatic carbocycles. The summed E-state index contributed by atoms with van der Waals surface area (Å²) in [4.78, 5) is 0. The molecule has 2 atom stereocenters. The minimum Gasteiger partial charge on any atom is -0.372 e. The molecule has 0 bridgehead atoms. The van der Waals surface area contributed by atoms with Gasteiger partial charge in [0.25, 0.3) is 0 Å². The maximum Gasteiger partial charge on any atom is 0.0975 e. The van der Waals surface area contributed by atoms with Crippen LogP contribution in [0, 0.1) is 0 Å². The van der Waals surface area contributed by atoms with Crippen LogP contribution in [0.25, 0.3) is 0 Å². The fourth-order valence-electron chi connectivity index (χ4n) is 1.80. The third-order valence-electron chi connectivity index (χ3n) is 2.57. The van der Waals surface area contributed by atoms with Gasteiger partial charge in [0.2, 0.25) is 0 Å². The Balaban J connectivity index is 2.16. The number of nitrogens with two attached hydrogens (primary N) is 1. The average molecular weight is 256 g/mol. The minimum atomic E-state index is 0.0804. The van der Waals surface area contributed by atoms with E-state index in [0.29, 0.717) is 0 Å². The number of benzene rings is 1. The van der Waals surface area contributed by atoms with Gasteiger partial charge in [-0.3, -0.25) is 0 Å². The normalized spacial score (nSPS) is 27.6. The van der Waals surface area contributed by atoms with Crippen molar-refractivity contribution in [1.29, 1.82) is 0 Å². The summed E-state index contributed by atoms with van der Waals surface area (Å²) in [5, 5.41) is 0. The predicted octanol–water partition coefficient (Wildman–Crippen LogP) is 2.63. The van der Waals surface area contributed by atoms with E-state index in [9.17, 15) is 0 Å². The average Bonchev–Trinajstić information content (AvgIpc) is 2.20. The molecule has 1 aliphatic rings. The van der Waals surface area contributed by atoms with Gasteiger partial charge in [0.05, 0.1) is 6.10 Å². The Hall–Kier alpha value is -0.380. The highest BCUT2D eigenvalue weighted by Gasteiger charge is 2.23. The van der Waals surface area contributed by atoms with Crippen molar-refractivity contribution in [1.82, 2.24) is 0 Å². The number of halogens is 1. The molecule has 1 aromatic rings. The molecule has 2 nitrogen and oxygen atoms in total. The maximum absolute atomic E-state index is 6.01. The van der Waals surface area contributed by atoms with Crippen molar-refractivity contribution in [3.8, 4) is 0 Å². The first-order valence-corrected chi connectivity index (χ1v) is 5.69. The molecule has 0 aromatic heterocycles. The molecule has 3 heteroatoms. The highest BCUT2D eigenvalue weighted by atomic mass is 79.9. The molecule has 1 aliphatic heterocycles. The molecule has 14 heavy (non-hydrogen) atoms. The minimum absolute atomic E-state index is 0.0804. The largest absolute Gasteiger partial charge is 0.372 e. The molecule has 1 saturated heterocycles. The fraction of sp³-hybridized carbons (Fsp3) is 0.455. The van der Waals surface area contributed by atoms with E-state index in [-0.39, 0.29) is 12.1 Å². The molecular formula is C11H14BrNO. The number of ether oxygens (including phenoxy) is 1. The zero-order valence-electron chi connectivity index (χ0n) is 7.95. The lowest BCUT2D eigenvalue weighted by Crippen LogP contribution is -2.34. The molecule has 0 spiro atoms. The van der Waals surface area contributed by atoms with Crippen LogP contribution in [-0.4, -0.2) is 12.6 Å². The standard InChI is InChI=1S/C11H14BrNO/c12-9-5-3-8(4-6-9)11-10(13)2-1-7-14-11/h3-6,10-11H,1-2,7,13H2/t10-,11+/m0/s1. The van der Waals surface area contributed by atoms with Crippen LogP contribution in [0.2, 0.25) is 0 Å². The van der Waals surface area contributed by atoms with E-state index in [1.54, 1.807) is 0 Å². The Morgan fingerprint density at radius 1 is 1.29 bits per heavy atom. The Labute approximate surface area is 92.6 Å². The Morgan fingerprint density at radius 2 is 2.00 bits per heavy atom. The molecule has 1 heterocycles. The van der Waals surface area contributed by atoms with Crippen LogP contribution >= 0.6 is 15.9 Å². The molecular weight excluding hydrogens is 242 g/mol. The first-order valence-electron chi connectivity index (χ1n) is 4.90. The van der Waals surface area contributed by atoms with Gasteiger partial charge in [0.15, 0.2) is 0 Å². The van der Waals surface area contributed by atoms with Crippen molar-refractivity contribution < 1.29 is 4.74 Å². The van der Waals surface area contributed by atoms with Crippen LogP contribution < -0.4 is 5.73 Å². The van der Waals surface area contributed by atoms with Crippen LogP contribution in [0.15, 0.2) is 28.7 Å². The van der Waals surface area contributed by atoms with Crippen LogP contribution in [0.3, 0.4) is 0 Å².